The zero-order valence-corrected chi connectivity index (χ0v) is 21.3. The largest absolute Gasteiger partial charge is 0.340 e. The molecule has 0 amide bonds. The molecule has 0 saturated heterocycles. The topological polar surface area (TPSA) is 29.0 Å². The molecular formula is C31H33N3S. The lowest BCUT2D eigenvalue weighted by atomic mass is 10.0. The van der Waals surface area contributed by atoms with Gasteiger partial charge >= 0.3 is 0 Å². The Morgan fingerprint density at radius 1 is 0.657 bits per heavy atom. The minimum absolute atomic E-state index is 0.962. The molecule has 0 aliphatic carbocycles. The number of pyridine rings is 2. The Morgan fingerprint density at radius 2 is 1.26 bits per heavy atom. The van der Waals surface area contributed by atoms with Crippen LogP contribution in [-0.4, -0.2) is 16.5 Å². The summed E-state index contributed by atoms with van der Waals surface area (Å²) in [6.45, 7) is 3.18. The monoisotopic (exact) mass is 479 g/mol. The molecule has 2 aromatic carbocycles. The molecule has 0 radical (unpaired) electrons. The predicted octanol–water partition coefficient (Wildman–Crippen LogP) is 8.64. The minimum Gasteiger partial charge on any atom is -0.340 e. The molecule has 0 bridgehead atoms. The van der Waals surface area contributed by atoms with Crippen molar-refractivity contribution in [3.63, 3.8) is 0 Å². The molecule has 3 nitrogen and oxygen atoms in total. The second kappa shape index (κ2) is 11.5. The Balaban J connectivity index is 1.05. The van der Waals surface area contributed by atoms with E-state index in [1.807, 2.05) is 30.2 Å². The Bertz CT molecular complexity index is 1220. The first-order chi connectivity index (χ1) is 17.3. The highest BCUT2D eigenvalue weighted by Gasteiger charge is 2.22. The number of hydrogen-bond donors (Lipinski definition) is 0. The molecule has 178 valence electrons. The van der Waals surface area contributed by atoms with Crippen LogP contribution in [0.4, 0.5) is 11.4 Å². The second-order valence-electron chi connectivity index (χ2n) is 9.33. The minimum atomic E-state index is 0.962. The Labute approximate surface area is 213 Å². The number of rotatable bonds is 10. The van der Waals surface area contributed by atoms with Crippen molar-refractivity contribution in [1.29, 1.82) is 0 Å². The third-order valence-corrected chi connectivity index (χ3v) is 7.76. The van der Waals surface area contributed by atoms with E-state index in [9.17, 15) is 0 Å². The van der Waals surface area contributed by atoms with Crippen molar-refractivity contribution in [3.05, 3.63) is 96.3 Å². The average molecular weight is 480 g/mol. The van der Waals surface area contributed by atoms with Crippen molar-refractivity contribution < 1.29 is 0 Å². The van der Waals surface area contributed by atoms with Crippen molar-refractivity contribution in [2.24, 2.45) is 0 Å². The molecule has 35 heavy (non-hydrogen) atoms. The molecule has 4 aromatic rings. The maximum atomic E-state index is 4.53. The van der Waals surface area contributed by atoms with Gasteiger partial charge in [-0.25, -0.2) is 0 Å². The van der Waals surface area contributed by atoms with Crippen LogP contribution in [0.15, 0.2) is 95.0 Å². The first-order valence-electron chi connectivity index (χ1n) is 12.8. The zero-order valence-electron chi connectivity index (χ0n) is 20.5. The molecule has 0 fully saturated rings. The average Bonchev–Trinajstić information content (AvgIpc) is 2.90. The van der Waals surface area contributed by atoms with E-state index in [4.69, 9.17) is 0 Å². The highest BCUT2D eigenvalue weighted by molar-refractivity contribution is 7.99. The molecule has 0 saturated carbocycles. The van der Waals surface area contributed by atoms with Gasteiger partial charge in [0.2, 0.25) is 0 Å². The Kier molecular flexibility index (Phi) is 7.79. The first kappa shape index (κ1) is 23.6. The lowest BCUT2D eigenvalue weighted by molar-refractivity contribution is 0.595. The Hall–Kier alpha value is -3.11. The van der Waals surface area contributed by atoms with Crippen molar-refractivity contribution in [2.45, 2.75) is 61.7 Å². The van der Waals surface area contributed by atoms with E-state index in [0.29, 0.717) is 0 Å². The predicted molar refractivity (Wildman–Crippen MR) is 148 cm³/mol. The summed E-state index contributed by atoms with van der Waals surface area (Å²) in [6.07, 6.45) is 12.5. The third-order valence-electron chi connectivity index (χ3n) is 6.63. The number of benzene rings is 2. The van der Waals surface area contributed by atoms with E-state index in [-0.39, 0.29) is 0 Å². The molecule has 0 N–H and O–H groups in total. The SMILES string of the molecule is Cc1ccnc(-c2cc(CCCCCCCCN3c4ccccc4Sc4ccccc43)ccn2)c1. The summed E-state index contributed by atoms with van der Waals surface area (Å²) < 4.78 is 0. The number of anilines is 2. The van der Waals surface area contributed by atoms with Gasteiger partial charge in [-0.1, -0.05) is 61.7 Å². The fourth-order valence-electron chi connectivity index (χ4n) is 4.77. The van der Waals surface area contributed by atoms with Crippen molar-refractivity contribution in [2.75, 3.05) is 11.4 Å². The number of hydrogen-bond acceptors (Lipinski definition) is 4. The summed E-state index contributed by atoms with van der Waals surface area (Å²) in [6, 6.07) is 26.1. The van der Waals surface area contributed by atoms with Gasteiger partial charge in [0.25, 0.3) is 0 Å². The summed E-state index contributed by atoms with van der Waals surface area (Å²) in [7, 11) is 0. The fourth-order valence-corrected chi connectivity index (χ4v) is 5.87. The third kappa shape index (κ3) is 5.94. The van der Waals surface area contributed by atoms with Gasteiger partial charge in [0.15, 0.2) is 0 Å². The van der Waals surface area contributed by atoms with Crippen LogP contribution in [0.5, 0.6) is 0 Å². The second-order valence-corrected chi connectivity index (χ2v) is 10.4. The van der Waals surface area contributed by atoms with Crippen LogP contribution in [0.25, 0.3) is 11.4 Å². The van der Waals surface area contributed by atoms with E-state index in [1.54, 1.807) is 0 Å². The van der Waals surface area contributed by atoms with Gasteiger partial charge < -0.3 is 4.90 Å². The van der Waals surface area contributed by atoms with Crippen molar-refractivity contribution >= 4 is 23.1 Å². The lowest BCUT2D eigenvalue weighted by Crippen LogP contribution is -2.21. The first-order valence-corrected chi connectivity index (χ1v) is 13.6. The lowest BCUT2D eigenvalue weighted by Gasteiger charge is -2.32. The van der Waals surface area contributed by atoms with E-state index < -0.39 is 0 Å². The summed E-state index contributed by atoms with van der Waals surface area (Å²) >= 11 is 1.89. The highest BCUT2D eigenvalue weighted by Crippen LogP contribution is 2.47. The van der Waals surface area contributed by atoms with Gasteiger partial charge in [0, 0.05) is 28.7 Å². The van der Waals surface area contributed by atoms with Gasteiger partial charge in [-0.2, -0.15) is 0 Å². The molecule has 0 spiro atoms. The van der Waals surface area contributed by atoms with Crippen LogP contribution in [0.1, 0.15) is 49.7 Å². The molecule has 5 rings (SSSR count). The van der Waals surface area contributed by atoms with Gasteiger partial charge in [-0.05, 0) is 85.8 Å². The van der Waals surface area contributed by atoms with Crippen molar-refractivity contribution in [3.8, 4) is 11.4 Å². The van der Waals surface area contributed by atoms with E-state index in [2.05, 4.69) is 88.5 Å². The summed E-state index contributed by atoms with van der Waals surface area (Å²) in [5.74, 6) is 0. The number of fused-ring (bicyclic) bond motifs is 2. The fraction of sp³-hybridized carbons (Fsp3) is 0.290. The van der Waals surface area contributed by atoms with E-state index in [1.165, 1.54) is 70.8 Å². The molecule has 4 heteroatoms. The van der Waals surface area contributed by atoms with Gasteiger partial charge in [0.1, 0.15) is 0 Å². The van der Waals surface area contributed by atoms with Crippen LogP contribution in [0, 0.1) is 6.92 Å². The van der Waals surface area contributed by atoms with Crippen LogP contribution < -0.4 is 4.90 Å². The normalized spacial score (nSPS) is 12.3. The maximum Gasteiger partial charge on any atom is 0.0888 e. The van der Waals surface area contributed by atoms with Crippen LogP contribution in [0.2, 0.25) is 0 Å². The molecule has 0 atom stereocenters. The van der Waals surface area contributed by atoms with E-state index in [0.717, 1.165) is 24.4 Å². The number of unbranched alkanes of at least 4 members (excludes halogenated alkanes) is 5. The van der Waals surface area contributed by atoms with Gasteiger partial charge in [-0.15, -0.1) is 0 Å². The molecule has 3 heterocycles. The number of para-hydroxylation sites is 2. The van der Waals surface area contributed by atoms with Crippen LogP contribution in [-0.2, 0) is 6.42 Å². The van der Waals surface area contributed by atoms with Crippen LogP contribution >= 0.6 is 11.8 Å². The maximum absolute atomic E-state index is 4.53. The quantitative estimate of drug-likeness (QED) is 0.213. The van der Waals surface area contributed by atoms with Gasteiger partial charge in [-0.3, -0.25) is 9.97 Å². The smallest absolute Gasteiger partial charge is 0.0888 e. The molecule has 2 aromatic heterocycles. The molecule has 1 aliphatic heterocycles. The molecule has 1 aliphatic rings. The number of aromatic nitrogens is 2. The van der Waals surface area contributed by atoms with E-state index >= 15 is 0 Å². The molecule has 0 unspecified atom stereocenters. The van der Waals surface area contributed by atoms with Crippen molar-refractivity contribution in [1.82, 2.24) is 9.97 Å². The summed E-state index contributed by atoms with van der Waals surface area (Å²) in [4.78, 5) is 14.3. The van der Waals surface area contributed by atoms with Gasteiger partial charge in [0.05, 0.1) is 22.8 Å². The molecular weight excluding hydrogens is 446 g/mol. The highest BCUT2D eigenvalue weighted by atomic mass is 32.2. The number of nitrogens with zero attached hydrogens (tertiary/aromatic N) is 3. The number of aryl methyl sites for hydroxylation is 2. The summed E-state index contributed by atoms with van der Waals surface area (Å²) in [5, 5.41) is 0. The standard InChI is InChI=1S/C31H33N3S/c1-24-17-19-32-26(22-24)27-23-25(18-20-33-27)12-6-4-2-3-5-11-21-34-28-13-7-9-15-30(28)35-31-16-10-8-14-29(31)34/h7-10,13-20,22-23H,2-6,11-12,21H2,1H3. The van der Waals surface area contributed by atoms with Crippen LogP contribution in [0.3, 0.4) is 0 Å². The Morgan fingerprint density at radius 3 is 1.97 bits per heavy atom. The zero-order chi connectivity index (χ0) is 23.9. The summed E-state index contributed by atoms with van der Waals surface area (Å²) in [5.41, 5.74) is 7.23.